The Bertz CT molecular complexity index is 808. The van der Waals surface area contributed by atoms with Crippen LogP contribution in [0.1, 0.15) is 57.2 Å². The predicted octanol–water partition coefficient (Wildman–Crippen LogP) is 0.493. The second kappa shape index (κ2) is 13.6. The number of nitrogens with zero attached hydrogens (tertiary/aromatic N) is 3. The van der Waals surface area contributed by atoms with Crippen LogP contribution in [0.5, 0.6) is 0 Å². The topological polar surface area (TPSA) is 153 Å². The van der Waals surface area contributed by atoms with Gasteiger partial charge in [0.1, 0.15) is 18.4 Å². The second-order valence-corrected chi connectivity index (χ2v) is 8.41. The lowest BCUT2D eigenvalue weighted by atomic mass is 10.1. The van der Waals surface area contributed by atoms with E-state index < -0.39 is 37.0 Å². The minimum atomic E-state index is -1.29. The Morgan fingerprint density at radius 1 is 1.03 bits per heavy atom. The molecule has 33 heavy (non-hydrogen) atoms. The summed E-state index contributed by atoms with van der Waals surface area (Å²) in [7, 11) is 0. The van der Waals surface area contributed by atoms with Crippen molar-refractivity contribution in [3.63, 3.8) is 0 Å². The molecule has 0 saturated carbocycles. The van der Waals surface area contributed by atoms with Crippen molar-refractivity contribution in [2.24, 2.45) is 0 Å². The zero-order chi connectivity index (χ0) is 24.2. The maximum Gasteiger partial charge on any atom is 0.320 e. The van der Waals surface area contributed by atoms with Crippen molar-refractivity contribution in [3.8, 4) is 0 Å². The van der Waals surface area contributed by atoms with Gasteiger partial charge in [-0.15, -0.1) is 0 Å². The number of unbranched alkanes of at least 4 members (excludes halogenated alkanes) is 3. The molecular weight excluding hydrogens is 432 g/mol. The molecule has 0 saturated heterocycles. The summed E-state index contributed by atoms with van der Waals surface area (Å²) < 4.78 is 4.59. The van der Waals surface area contributed by atoms with Crippen LogP contribution >= 0.6 is 0 Å². The summed E-state index contributed by atoms with van der Waals surface area (Å²) in [6, 6.07) is -1.20. The maximum absolute atomic E-state index is 12.0. The smallest absolute Gasteiger partial charge is 0.320 e. The quantitative estimate of drug-likeness (QED) is 0.191. The summed E-state index contributed by atoms with van der Waals surface area (Å²) in [6.45, 7) is 1.14. The molecule has 0 aromatic carbocycles. The van der Waals surface area contributed by atoms with Gasteiger partial charge >= 0.3 is 17.9 Å². The number of hydrogen-bond donors (Lipinski definition) is 4. The SMILES string of the molecule is O=C(O)CN(CC(=O)O)[C@@H](CCCCNC(=O)CCCCCn1cc[n+]2c1CCC2)C(=O)O. The van der Waals surface area contributed by atoms with Crippen molar-refractivity contribution >= 4 is 23.8 Å². The second-order valence-electron chi connectivity index (χ2n) is 8.41. The van der Waals surface area contributed by atoms with Crippen molar-refractivity contribution < 1.29 is 39.1 Å². The van der Waals surface area contributed by atoms with Gasteiger partial charge in [0, 0.05) is 13.0 Å². The van der Waals surface area contributed by atoms with E-state index in [1.165, 1.54) is 12.2 Å². The number of aromatic nitrogens is 2. The van der Waals surface area contributed by atoms with E-state index in [2.05, 4.69) is 26.8 Å². The molecule has 1 aromatic rings. The molecule has 1 aliphatic heterocycles. The molecule has 1 atom stereocenters. The fourth-order valence-electron chi connectivity index (χ4n) is 4.21. The van der Waals surface area contributed by atoms with Crippen LogP contribution < -0.4 is 9.88 Å². The Kier molecular flexibility index (Phi) is 10.8. The van der Waals surface area contributed by atoms with E-state index in [-0.39, 0.29) is 12.3 Å². The Hall–Kier alpha value is -2.95. The zero-order valence-corrected chi connectivity index (χ0v) is 18.9. The van der Waals surface area contributed by atoms with Gasteiger partial charge in [-0.1, -0.05) is 0 Å². The molecule has 1 aliphatic rings. The van der Waals surface area contributed by atoms with Gasteiger partial charge in [-0.25, -0.2) is 9.13 Å². The summed E-state index contributed by atoms with van der Waals surface area (Å²) in [6.07, 6.45) is 10.9. The van der Waals surface area contributed by atoms with Crippen LogP contribution in [0.4, 0.5) is 0 Å². The van der Waals surface area contributed by atoms with Gasteiger partial charge in [0.25, 0.3) is 5.82 Å². The molecule has 11 heteroatoms. The van der Waals surface area contributed by atoms with Crippen molar-refractivity contribution in [1.82, 2.24) is 14.8 Å². The Labute approximate surface area is 193 Å². The van der Waals surface area contributed by atoms with Crippen LogP contribution in [0.2, 0.25) is 0 Å². The lowest BCUT2D eigenvalue weighted by Gasteiger charge is -2.25. The standard InChI is InChI=1S/C22H34N4O7/c27-18(8-2-1-5-11-24-13-14-25-12-6-9-19(24)25)23-10-4-3-7-17(22(32)33)26(15-20(28)29)16-21(30)31/h13-14,17H,1-12,15-16H2,(H3-,23,27,28,29,30,31,32,33)/p+1/t17-/m0/s1. The molecule has 0 bridgehead atoms. The van der Waals surface area contributed by atoms with Gasteiger partial charge in [-0.3, -0.25) is 24.1 Å². The number of carbonyl (C=O) groups excluding carboxylic acids is 1. The van der Waals surface area contributed by atoms with Crippen molar-refractivity contribution in [3.05, 3.63) is 18.2 Å². The van der Waals surface area contributed by atoms with E-state index >= 15 is 0 Å². The summed E-state index contributed by atoms with van der Waals surface area (Å²) in [5.41, 5.74) is 0. The molecule has 1 amide bonds. The number of hydrogen-bond acceptors (Lipinski definition) is 5. The van der Waals surface area contributed by atoms with E-state index in [1.54, 1.807) is 0 Å². The normalized spacial score (nSPS) is 13.6. The highest BCUT2D eigenvalue weighted by molar-refractivity contribution is 5.78. The monoisotopic (exact) mass is 467 g/mol. The zero-order valence-electron chi connectivity index (χ0n) is 18.9. The molecule has 1 aromatic heterocycles. The lowest BCUT2D eigenvalue weighted by molar-refractivity contribution is -0.690. The van der Waals surface area contributed by atoms with Crippen LogP contribution in [0.25, 0.3) is 0 Å². The molecule has 184 valence electrons. The van der Waals surface area contributed by atoms with Crippen LogP contribution in [0.15, 0.2) is 12.4 Å². The molecule has 2 heterocycles. The number of carbonyl (C=O) groups is 4. The van der Waals surface area contributed by atoms with E-state index in [9.17, 15) is 24.3 Å². The summed E-state index contributed by atoms with van der Waals surface area (Å²) in [5.74, 6) is -2.49. The molecule has 0 spiro atoms. The molecule has 0 radical (unpaired) electrons. The number of aliphatic carboxylic acids is 3. The lowest BCUT2D eigenvalue weighted by Crippen LogP contribution is -2.46. The Balaban J connectivity index is 1.57. The first-order valence-electron chi connectivity index (χ1n) is 11.5. The van der Waals surface area contributed by atoms with E-state index in [4.69, 9.17) is 10.2 Å². The van der Waals surface area contributed by atoms with Crippen LogP contribution in [-0.2, 0) is 38.7 Å². The first kappa shape index (κ1) is 26.3. The van der Waals surface area contributed by atoms with Gasteiger partial charge in [-0.05, 0) is 44.9 Å². The van der Waals surface area contributed by atoms with Crippen molar-refractivity contribution in [2.45, 2.75) is 76.9 Å². The fraction of sp³-hybridized carbons (Fsp3) is 0.682. The first-order valence-corrected chi connectivity index (χ1v) is 11.5. The molecule has 11 nitrogen and oxygen atoms in total. The van der Waals surface area contributed by atoms with Crippen molar-refractivity contribution in [1.29, 1.82) is 0 Å². The highest BCUT2D eigenvalue weighted by atomic mass is 16.4. The largest absolute Gasteiger partial charge is 0.480 e. The summed E-state index contributed by atoms with van der Waals surface area (Å²) in [4.78, 5) is 46.2. The summed E-state index contributed by atoms with van der Waals surface area (Å²) in [5, 5.41) is 30.0. The molecule has 2 rings (SSSR count). The predicted molar refractivity (Wildman–Crippen MR) is 117 cm³/mol. The molecular formula is C22H35N4O7+. The van der Waals surface area contributed by atoms with Gasteiger partial charge < -0.3 is 20.6 Å². The average molecular weight is 468 g/mol. The van der Waals surface area contributed by atoms with Gasteiger partial charge in [-0.2, -0.15) is 0 Å². The van der Waals surface area contributed by atoms with Gasteiger partial charge in [0.15, 0.2) is 0 Å². The Morgan fingerprint density at radius 3 is 2.42 bits per heavy atom. The molecule has 4 N–H and O–H groups in total. The van der Waals surface area contributed by atoms with Crippen molar-refractivity contribution in [2.75, 3.05) is 19.6 Å². The number of carboxylic acid groups (broad SMARTS) is 3. The minimum absolute atomic E-state index is 0.0411. The number of imidazole rings is 1. The van der Waals surface area contributed by atoms with Crippen LogP contribution in [-0.4, -0.2) is 74.3 Å². The average Bonchev–Trinajstić information content (AvgIpc) is 3.33. The minimum Gasteiger partial charge on any atom is -0.480 e. The molecule has 0 unspecified atom stereocenters. The third kappa shape index (κ3) is 9.21. The summed E-state index contributed by atoms with van der Waals surface area (Å²) >= 11 is 0. The van der Waals surface area contributed by atoms with Gasteiger partial charge in [0.2, 0.25) is 5.91 Å². The highest BCUT2D eigenvalue weighted by Gasteiger charge is 2.28. The number of aryl methyl sites for hydroxylation is 2. The fourth-order valence-corrected chi connectivity index (χ4v) is 4.21. The number of nitrogens with one attached hydrogen (secondary N) is 1. The highest BCUT2D eigenvalue weighted by Crippen LogP contribution is 2.11. The number of amides is 1. The van der Waals surface area contributed by atoms with Gasteiger partial charge in [0.05, 0.1) is 32.6 Å². The number of fused-ring (bicyclic) bond motifs is 1. The van der Waals surface area contributed by atoms with E-state index in [1.807, 2.05) is 0 Å². The molecule has 0 aliphatic carbocycles. The van der Waals surface area contributed by atoms with E-state index in [0.29, 0.717) is 25.8 Å². The molecule has 0 fully saturated rings. The number of carboxylic acids is 3. The third-order valence-corrected chi connectivity index (χ3v) is 5.82. The van der Waals surface area contributed by atoms with Crippen LogP contribution in [0, 0.1) is 0 Å². The maximum atomic E-state index is 12.0. The first-order chi connectivity index (χ1) is 15.8. The third-order valence-electron chi connectivity index (χ3n) is 5.82. The number of rotatable bonds is 17. The van der Waals surface area contributed by atoms with E-state index in [0.717, 1.165) is 43.7 Å². The van der Waals surface area contributed by atoms with Crippen LogP contribution in [0.3, 0.4) is 0 Å². The Morgan fingerprint density at radius 2 is 1.76 bits per heavy atom.